The highest BCUT2D eigenvalue weighted by Crippen LogP contribution is 2.54. The molecule has 0 amide bonds. The standard InChI is InChI=1S/C32H28S4/c1-2-4-22-32(36-29-19-11-7-15-25(29)34-26-16-8-12-20-30(26)36)31(21-3-1)35-27-17-9-5-13-23(27)33-24-14-6-10-18-28(24)35/h5-20H,1-4,21-22H2/q+2/b32-31-. The lowest BCUT2D eigenvalue weighted by Crippen LogP contribution is -2.21. The van der Waals surface area contributed by atoms with Crippen molar-refractivity contribution in [2.24, 2.45) is 0 Å². The zero-order chi connectivity index (χ0) is 23.9. The molecule has 178 valence electrons. The van der Waals surface area contributed by atoms with E-state index in [0.29, 0.717) is 0 Å². The van der Waals surface area contributed by atoms with Crippen LogP contribution in [-0.4, -0.2) is 0 Å². The van der Waals surface area contributed by atoms with E-state index in [0.717, 1.165) is 0 Å². The number of rotatable bonds is 2. The van der Waals surface area contributed by atoms with Gasteiger partial charge in [-0.25, -0.2) is 0 Å². The van der Waals surface area contributed by atoms with Gasteiger partial charge in [-0.2, -0.15) is 0 Å². The molecular formula is C32H28S4+2. The highest BCUT2D eigenvalue weighted by Gasteiger charge is 2.48. The molecule has 0 N–H and O–H groups in total. The first-order valence-corrected chi connectivity index (χ1v) is 16.9. The Morgan fingerprint density at radius 1 is 0.389 bits per heavy atom. The molecule has 36 heavy (non-hydrogen) atoms. The first-order chi connectivity index (χ1) is 17.9. The van der Waals surface area contributed by atoms with E-state index in [2.05, 4.69) is 97.1 Å². The van der Waals surface area contributed by atoms with Gasteiger partial charge in [-0.3, -0.25) is 0 Å². The molecule has 4 heteroatoms. The van der Waals surface area contributed by atoms with Gasteiger partial charge in [0.2, 0.25) is 0 Å². The summed E-state index contributed by atoms with van der Waals surface area (Å²) in [5.74, 6) is 0. The Balaban J connectivity index is 1.51. The molecule has 0 bridgehead atoms. The van der Waals surface area contributed by atoms with E-state index in [4.69, 9.17) is 0 Å². The van der Waals surface area contributed by atoms with Gasteiger partial charge in [-0.1, -0.05) is 84.9 Å². The van der Waals surface area contributed by atoms with Crippen LogP contribution in [0.5, 0.6) is 0 Å². The van der Waals surface area contributed by atoms with Crippen LogP contribution in [0.3, 0.4) is 0 Å². The Kier molecular flexibility index (Phi) is 6.47. The Hall–Kier alpha value is -1.98. The van der Waals surface area contributed by atoms with Crippen molar-refractivity contribution in [3.63, 3.8) is 0 Å². The van der Waals surface area contributed by atoms with Crippen LogP contribution in [0.2, 0.25) is 0 Å². The van der Waals surface area contributed by atoms with Crippen molar-refractivity contribution in [3.05, 3.63) is 107 Å². The quantitative estimate of drug-likeness (QED) is 0.232. The highest BCUT2D eigenvalue weighted by atomic mass is 32.2. The minimum atomic E-state index is -0.0262. The number of fused-ring (bicyclic) bond motifs is 4. The first-order valence-electron chi connectivity index (χ1n) is 12.8. The van der Waals surface area contributed by atoms with Crippen molar-refractivity contribution < 1.29 is 0 Å². The van der Waals surface area contributed by atoms with Crippen LogP contribution in [0.1, 0.15) is 38.5 Å². The SMILES string of the molecule is c1ccc2c(c1)Sc1ccccc1[S+]2/C1=C(\[S+]2c3ccccc3Sc3ccccc32)CCCCCC1. The fraction of sp³-hybridized carbons (Fsp3) is 0.188. The number of hydrogen-bond acceptors (Lipinski definition) is 2. The molecule has 0 fully saturated rings. The maximum absolute atomic E-state index is 2.41. The molecule has 1 aliphatic carbocycles. The minimum absolute atomic E-state index is 0.0262. The molecule has 3 aliphatic rings. The monoisotopic (exact) mass is 540 g/mol. The lowest BCUT2D eigenvalue weighted by atomic mass is 10.1. The lowest BCUT2D eigenvalue weighted by molar-refractivity contribution is 0.630. The van der Waals surface area contributed by atoms with Crippen molar-refractivity contribution in [2.75, 3.05) is 0 Å². The van der Waals surface area contributed by atoms with Gasteiger partial charge in [-0.05, 0) is 61.4 Å². The molecule has 0 spiro atoms. The Labute approximate surface area is 228 Å². The largest absolute Gasteiger partial charge is 0.194 e. The molecule has 0 atom stereocenters. The molecule has 0 saturated carbocycles. The van der Waals surface area contributed by atoms with Crippen LogP contribution in [0.15, 0.2) is 146 Å². The maximum Gasteiger partial charge on any atom is 0.194 e. The summed E-state index contributed by atoms with van der Waals surface area (Å²) in [6.07, 6.45) is 7.73. The van der Waals surface area contributed by atoms with Crippen molar-refractivity contribution in [3.8, 4) is 0 Å². The Bertz CT molecular complexity index is 1270. The molecular weight excluding hydrogens is 513 g/mol. The van der Waals surface area contributed by atoms with Crippen LogP contribution in [0.4, 0.5) is 0 Å². The second-order valence-electron chi connectivity index (χ2n) is 9.36. The van der Waals surface area contributed by atoms with E-state index < -0.39 is 0 Å². The van der Waals surface area contributed by atoms with Crippen LogP contribution in [0, 0.1) is 0 Å². The van der Waals surface area contributed by atoms with Crippen LogP contribution >= 0.6 is 23.5 Å². The van der Waals surface area contributed by atoms with Crippen molar-refractivity contribution in [1.29, 1.82) is 0 Å². The summed E-state index contributed by atoms with van der Waals surface area (Å²) in [5.41, 5.74) is 0. The van der Waals surface area contributed by atoms with E-state index in [1.807, 2.05) is 23.5 Å². The summed E-state index contributed by atoms with van der Waals surface area (Å²) in [4.78, 5) is 15.4. The third-order valence-electron chi connectivity index (χ3n) is 7.08. The molecule has 0 aromatic heterocycles. The molecule has 0 radical (unpaired) electrons. The summed E-state index contributed by atoms with van der Waals surface area (Å²) < 4.78 is 0. The first kappa shape index (κ1) is 23.2. The second kappa shape index (κ2) is 10.1. The molecule has 2 heterocycles. The van der Waals surface area contributed by atoms with Gasteiger partial charge in [0.05, 0.1) is 19.6 Å². The molecule has 0 nitrogen and oxygen atoms in total. The molecule has 0 unspecified atom stereocenters. The van der Waals surface area contributed by atoms with Crippen LogP contribution in [0.25, 0.3) is 0 Å². The van der Waals surface area contributed by atoms with E-state index in [1.165, 1.54) is 77.7 Å². The van der Waals surface area contributed by atoms with E-state index >= 15 is 0 Å². The minimum Gasteiger partial charge on any atom is -0.0795 e. The predicted octanol–water partition coefficient (Wildman–Crippen LogP) is 9.95. The van der Waals surface area contributed by atoms with Crippen molar-refractivity contribution in [2.45, 2.75) is 77.7 Å². The molecule has 4 aromatic carbocycles. The average molecular weight is 541 g/mol. The van der Waals surface area contributed by atoms with Gasteiger partial charge in [0.15, 0.2) is 29.4 Å². The predicted molar refractivity (Wildman–Crippen MR) is 157 cm³/mol. The molecule has 2 aliphatic heterocycles. The third-order valence-corrected chi connectivity index (χ3v) is 15.1. The van der Waals surface area contributed by atoms with Gasteiger partial charge in [0.1, 0.15) is 21.8 Å². The normalized spacial score (nSPS) is 19.9. The number of benzene rings is 4. The zero-order valence-corrected chi connectivity index (χ0v) is 23.4. The average Bonchev–Trinajstić information content (AvgIpc) is 2.91. The number of hydrogen-bond donors (Lipinski definition) is 0. The summed E-state index contributed by atoms with van der Waals surface area (Å²) in [5, 5.41) is 0. The van der Waals surface area contributed by atoms with Gasteiger partial charge < -0.3 is 0 Å². The summed E-state index contributed by atoms with van der Waals surface area (Å²) in [6, 6.07) is 36.8. The fourth-order valence-corrected chi connectivity index (χ4v) is 14.0. The Morgan fingerprint density at radius 3 is 1.03 bits per heavy atom. The van der Waals surface area contributed by atoms with Gasteiger partial charge in [0, 0.05) is 12.8 Å². The summed E-state index contributed by atoms with van der Waals surface area (Å²) in [7, 11) is -0.0524. The van der Waals surface area contributed by atoms with E-state index in [-0.39, 0.29) is 21.8 Å². The van der Waals surface area contributed by atoms with Crippen LogP contribution < -0.4 is 0 Å². The Morgan fingerprint density at radius 2 is 0.694 bits per heavy atom. The molecule has 4 aromatic rings. The smallest absolute Gasteiger partial charge is 0.0795 e. The third kappa shape index (κ3) is 4.07. The maximum atomic E-state index is 2.41. The number of allylic oxidation sites excluding steroid dienone is 2. The summed E-state index contributed by atoms with van der Waals surface area (Å²) in [6.45, 7) is 0. The topological polar surface area (TPSA) is 0 Å². The zero-order valence-electron chi connectivity index (χ0n) is 20.1. The summed E-state index contributed by atoms with van der Waals surface area (Å²) >= 11 is 3.91. The fourth-order valence-electron chi connectivity index (χ4n) is 5.45. The molecule has 0 saturated heterocycles. The van der Waals surface area contributed by atoms with E-state index in [9.17, 15) is 0 Å². The van der Waals surface area contributed by atoms with Crippen molar-refractivity contribution in [1.82, 2.24) is 0 Å². The van der Waals surface area contributed by atoms with Gasteiger partial charge in [-0.15, -0.1) is 0 Å². The second-order valence-corrected chi connectivity index (χ2v) is 15.5. The highest BCUT2D eigenvalue weighted by molar-refractivity contribution is 8.08. The van der Waals surface area contributed by atoms with Crippen LogP contribution in [-0.2, 0) is 21.8 Å². The van der Waals surface area contributed by atoms with Gasteiger partial charge >= 0.3 is 0 Å². The molecule has 7 rings (SSSR count). The van der Waals surface area contributed by atoms with Crippen molar-refractivity contribution >= 4 is 45.3 Å². The lowest BCUT2D eigenvalue weighted by Gasteiger charge is -2.25. The van der Waals surface area contributed by atoms with Gasteiger partial charge in [0.25, 0.3) is 0 Å². The van der Waals surface area contributed by atoms with E-state index in [1.54, 1.807) is 9.81 Å².